The first kappa shape index (κ1) is 11.3. The van der Waals surface area contributed by atoms with Crippen LogP contribution in [0.4, 0.5) is 0 Å². The lowest BCUT2D eigenvalue weighted by Gasteiger charge is -1.91. The van der Waals surface area contributed by atoms with Crippen LogP contribution in [0.1, 0.15) is 19.7 Å². The largest absolute Gasteiger partial charge is 0.441 e. The second-order valence-electron chi connectivity index (χ2n) is 2.47. The molecule has 0 saturated heterocycles. The van der Waals surface area contributed by atoms with Gasteiger partial charge in [0.25, 0.3) is 0 Å². The van der Waals surface area contributed by atoms with Gasteiger partial charge in [0.05, 0.1) is 5.02 Å². The van der Waals surface area contributed by atoms with Gasteiger partial charge in [0.1, 0.15) is 5.52 Å². The van der Waals surface area contributed by atoms with Gasteiger partial charge in [0.2, 0.25) is 0 Å². The minimum Gasteiger partial charge on any atom is -0.441 e. The predicted octanol–water partition coefficient (Wildman–Crippen LogP) is 4.47. The van der Waals surface area contributed by atoms with Gasteiger partial charge < -0.3 is 4.42 Å². The van der Waals surface area contributed by atoms with E-state index in [4.69, 9.17) is 27.6 Å². The summed E-state index contributed by atoms with van der Waals surface area (Å²) in [5.41, 5.74) is 1.29. The van der Waals surface area contributed by atoms with Crippen molar-refractivity contribution in [1.82, 2.24) is 4.98 Å². The van der Waals surface area contributed by atoms with Crippen LogP contribution in [0, 0.1) is 6.92 Å². The fourth-order valence-electron chi connectivity index (χ4n) is 1.07. The Morgan fingerprint density at radius 1 is 1.21 bits per heavy atom. The zero-order valence-electron chi connectivity index (χ0n) is 8.27. The molecule has 0 saturated carbocycles. The average Bonchev–Trinajstić information content (AvgIpc) is 2.49. The van der Waals surface area contributed by atoms with E-state index >= 15 is 0 Å². The summed E-state index contributed by atoms with van der Waals surface area (Å²) in [6.45, 7) is 5.77. The maximum atomic E-state index is 5.87. The summed E-state index contributed by atoms with van der Waals surface area (Å²) in [4.78, 5) is 4.10. The summed E-state index contributed by atoms with van der Waals surface area (Å²) >= 11 is 11.6. The van der Waals surface area contributed by atoms with Crippen molar-refractivity contribution in [1.29, 1.82) is 0 Å². The number of benzene rings is 1. The molecule has 0 radical (unpaired) electrons. The average molecular weight is 232 g/mol. The number of oxazole rings is 1. The summed E-state index contributed by atoms with van der Waals surface area (Å²) in [7, 11) is 0. The fraction of sp³-hybridized carbons (Fsp3) is 0.300. The highest BCUT2D eigenvalue weighted by Crippen LogP contribution is 2.27. The molecule has 4 heteroatoms. The normalized spacial score (nSPS) is 9.79. The molecule has 0 atom stereocenters. The van der Waals surface area contributed by atoms with Gasteiger partial charge in [-0.25, -0.2) is 4.98 Å². The molecule has 2 rings (SSSR count). The molecule has 2 nitrogen and oxygen atoms in total. The second-order valence-corrected chi connectivity index (χ2v) is 3.31. The molecule has 2 aromatic rings. The molecule has 14 heavy (non-hydrogen) atoms. The SMILES string of the molecule is CC.Cc1nc2c(Cl)cc(Cl)cc2o1. The number of hydrogen-bond donors (Lipinski definition) is 0. The van der Waals surface area contributed by atoms with Crippen molar-refractivity contribution in [3.63, 3.8) is 0 Å². The van der Waals surface area contributed by atoms with Crippen molar-refractivity contribution in [2.45, 2.75) is 20.8 Å². The van der Waals surface area contributed by atoms with Gasteiger partial charge in [-0.15, -0.1) is 0 Å². The number of rotatable bonds is 0. The fourth-order valence-corrected chi connectivity index (χ4v) is 1.59. The van der Waals surface area contributed by atoms with E-state index in [1.807, 2.05) is 13.8 Å². The summed E-state index contributed by atoms with van der Waals surface area (Å²) in [6, 6.07) is 3.34. The van der Waals surface area contributed by atoms with E-state index in [1.54, 1.807) is 19.1 Å². The van der Waals surface area contributed by atoms with Crippen LogP contribution < -0.4 is 0 Å². The third-order valence-corrected chi connectivity index (χ3v) is 2.03. The molecule has 0 aliphatic heterocycles. The lowest BCUT2D eigenvalue weighted by atomic mass is 10.3. The summed E-state index contributed by atoms with van der Waals surface area (Å²) in [5.74, 6) is 0.592. The summed E-state index contributed by atoms with van der Waals surface area (Å²) in [6.07, 6.45) is 0. The van der Waals surface area contributed by atoms with Gasteiger partial charge in [0.15, 0.2) is 11.5 Å². The molecule has 0 N–H and O–H groups in total. The van der Waals surface area contributed by atoms with Gasteiger partial charge in [-0.3, -0.25) is 0 Å². The Bertz CT molecular complexity index is 437. The third-order valence-electron chi connectivity index (χ3n) is 1.52. The molecule has 0 spiro atoms. The van der Waals surface area contributed by atoms with Gasteiger partial charge in [0, 0.05) is 18.0 Å². The first-order valence-electron chi connectivity index (χ1n) is 4.39. The van der Waals surface area contributed by atoms with Crippen LogP contribution >= 0.6 is 23.2 Å². The molecule has 0 fully saturated rings. The van der Waals surface area contributed by atoms with E-state index in [9.17, 15) is 0 Å². The molecular weight excluding hydrogens is 221 g/mol. The monoisotopic (exact) mass is 231 g/mol. The maximum Gasteiger partial charge on any atom is 0.192 e. The van der Waals surface area contributed by atoms with Crippen LogP contribution in [-0.4, -0.2) is 4.98 Å². The van der Waals surface area contributed by atoms with Crippen LogP contribution in [0.15, 0.2) is 16.5 Å². The number of halogens is 2. The molecule has 0 aliphatic rings. The Labute approximate surface area is 92.8 Å². The highest BCUT2D eigenvalue weighted by Gasteiger charge is 2.06. The smallest absolute Gasteiger partial charge is 0.192 e. The van der Waals surface area contributed by atoms with Gasteiger partial charge >= 0.3 is 0 Å². The highest BCUT2D eigenvalue weighted by atomic mass is 35.5. The second kappa shape index (κ2) is 4.67. The molecule has 0 bridgehead atoms. The standard InChI is InChI=1S/C8H5Cl2NO.C2H6/c1-4-11-8-6(10)2-5(9)3-7(8)12-4;1-2/h2-3H,1H3;1-2H3. The topological polar surface area (TPSA) is 26.0 Å². The van der Waals surface area contributed by atoms with Gasteiger partial charge in [-0.2, -0.15) is 0 Å². The zero-order valence-corrected chi connectivity index (χ0v) is 9.78. The lowest BCUT2D eigenvalue weighted by Crippen LogP contribution is -1.71. The molecule has 1 heterocycles. The Morgan fingerprint density at radius 3 is 2.50 bits per heavy atom. The Balaban J connectivity index is 0.000000461. The van der Waals surface area contributed by atoms with Crippen LogP contribution in [0.5, 0.6) is 0 Å². The van der Waals surface area contributed by atoms with Crippen molar-refractivity contribution in [2.75, 3.05) is 0 Å². The summed E-state index contributed by atoms with van der Waals surface area (Å²) < 4.78 is 5.25. The Kier molecular flexibility index (Phi) is 3.78. The lowest BCUT2D eigenvalue weighted by molar-refractivity contribution is 0.561. The van der Waals surface area contributed by atoms with E-state index in [1.165, 1.54) is 0 Å². The van der Waals surface area contributed by atoms with E-state index < -0.39 is 0 Å². The zero-order chi connectivity index (χ0) is 10.7. The van der Waals surface area contributed by atoms with Crippen molar-refractivity contribution in [3.05, 3.63) is 28.1 Å². The minimum atomic E-state index is 0.523. The molecular formula is C10H11Cl2NO. The number of hydrogen-bond acceptors (Lipinski definition) is 2. The summed E-state index contributed by atoms with van der Waals surface area (Å²) in [5, 5.41) is 1.08. The van der Waals surface area contributed by atoms with Gasteiger partial charge in [-0.1, -0.05) is 37.0 Å². The molecule has 76 valence electrons. The van der Waals surface area contributed by atoms with Crippen LogP contribution in [0.25, 0.3) is 11.1 Å². The molecule has 0 unspecified atom stereocenters. The number of nitrogens with zero attached hydrogens (tertiary/aromatic N) is 1. The van der Waals surface area contributed by atoms with Crippen molar-refractivity contribution in [2.24, 2.45) is 0 Å². The first-order chi connectivity index (χ1) is 6.66. The molecule has 1 aromatic heterocycles. The first-order valence-corrected chi connectivity index (χ1v) is 5.14. The Hall–Kier alpha value is -0.730. The minimum absolute atomic E-state index is 0.523. The van der Waals surface area contributed by atoms with E-state index in [0.29, 0.717) is 27.0 Å². The van der Waals surface area contributed by atoms with Crippen molar-refractivity contribution >= 4 is 34.3 Å². The Morgan fingerprint density at radius 2 is 1.86 bits per heavy atom. The van der Waals surface area contributed by atoms with Crippen LogP contribution in [-0.2, 0) is 0 Å². The van der Waals surface area contributed by atoms with Crippen LogP contribution in [0.2, 0.25) is 10.0 Å². The number of aryl methyl sites for hydroxylation is 1. The molecule has 1 aromatic carbocycles. The molecule has 0 amide bonds. The van der Waals surface area contributed by atoms with E-state index in [2.05, 4.69) is 4.98 Å². The van der Waals surface area contributed by atoms with Crippen molar-refractivity contribution in [3.8, 4) is 0 Å². The molecule has 0 aliphatic carbocycles. The van der Waals surface area contributed by atoms with Crippen molar-refractivity contribution < 1.29 is 4.42 Å². The predicted molar refractivity (Wildman–Crippen MR) is 60.1 cm³/mol. The van der Waals surface area contributed by atoms with E-state index in [0.717, 1.165) is 0 Å². The van der Waals surface area contributed by atoms with E-state index in [-0.39, 0.29) is 0 Å². The maximum absolute atomic E-state index is 5.87. The quantitative estimate of drug-likeness (QED) is 0.669. The number of aromatic nitrogens is 1. The van der Waals surface area contributed by atoms with Crippen LogP contribution in [0.3, 0.4) is 0 Å². The highest BCUT2D eigenvalue weighted by molar-refractivity contribution is 6.38. The third kappa shape index (κ3) is 2.20. The number of fused-ring (bicyclic) bond motifs is 1. The van der Waals surface area contributed by atoms with Gasteiger partial charge in [-0.05, 0) is 6.07 Å².